The summed E-state index contributed by atoms with van der Waals surface area (Å²) in [5, 5.41) is 0. The van der Waals surface area contributed by atoms with Crippen LogP contribution in [0.2, 0.25) is 0 Å². The Morgan fingerprint density at radius 3 is 2.68 bits per heavy atom. The number of fused-ring (bicyclic) bond motifs is 1. The van der Waals surface area contributed by atoms with Crippen LogP contribution in [0.5, 0.6) is 0 Å². The van der Waals surface area contributed by atoms with E-state index in [1.165, 1.54) is 18.5 Å². The maximum atomic E-state index is 14.0. The molecule has 0 radical (unpaired) electrons. The Kier molecular flexibility index (Phi) is 3.76. The van der Waals surface area contributed by atoms with Crippen LogP contribution in [0.25, 0.3) is 22.3 Å². The molecule has 4 nitrogen and oxygen atoms in total. The van der Waals surface area contributed by atoms with Crippen LogP contribution in [0.4, 0.5) is 10.2 Å². The normalized spacial score (nSPS) is 13.6. The molecule has 0 unspecified atom stereocenters. The number of halogens is 1. The second-order valence-electron chi connectivity index (χ2n) is 6.16. The fraction of sp³-hybridized carbons (Fsp3) is 0.150. The van der Waals surface area contributed by atoms with Crippen molar-refractivity contribution in [2.24, 2.45) is 0 Å². The topological polar surface area (TPSA) is 68.9 Å². The lowest BCUT2D eigenvalue weighted by molar-refractivity contribution is 0.0972. The van der Waals surface area contributed by atoms with Crippen molar-refractivity contribution in [2.75, 3.05) is 5.73 Å². The lowest BCUT2D eigenvalue weighted by Gasteiger charge is -2.16. The van der Waals surface area contributed by atoms with E-state index in [1.807, 2.05) is 24.3 Å². The van der Waals surface area contributed by atoms with E-state index < -0.39 is 0 Å². The van der Waals surface area contributed by atoms with E-state index in [1.54, 1.807) is 6.20 Å². The minimum atomic E-state index is -0.358. The molecular formula is C20H16FN3O. The molecule has 1 aliphatic carbocycles. The maximum absolute atomic E-state index is 14.0. The quantitative estimate of drug-likeness (QED) is 0.768. The average molecular weight is 333 g/mol. The predicted molar refractivity (Wildman–Crippen MR) is 94.5 cm³/mol. The molecule has 2 heterocycles. The molecule has 0 atom stereocenters. The van der Waals surface area contributed by atoms with Gasteiger partial charge in [0.1, 0.15) is 11.6 Å². The number of benzene rings is 1. The van der Waals surface area contributed by atoms with Crippen LogP contribution in [-0.4, -0.2) is 15.8 Å². The van der Waals surface area contributed by atoms with Crippen LogP contribution in [0.3, 0.4) is 0 Å². The molecule has 0 saturated heterocycles. The van der Waals surface area contributed by atoms with Gasteiger partial charge in [0.25, 0.3) is 0 Å². The number of ketones is 1. The van der Waals surface area contributed by atoms with Crippen LogP contribution >= 0.6 is 0 Å². The van der Waals surface area contributed by atoms with Crippen molar-refractivity contribution in [3.05, 3.63) is 65.9 Å². The van der Waals surface area contributed by atoms with Crippen LogP contribution in [0, 0.1) is 5.82 Å². The van der Waals surface area contributed by atoms with Gasteiger partial charge in [-0.3, -0.25) is 9.78 Å². The highest BCUT2D eigenvalue weighted by Gasteiger charge is 2.18. The Hall–Kier alpha value is -3.08. The number of rotatable bonds is 2. The number of nitrogens with zero attached hydrogens (tertiary/aromatic N) is 2. The van der Waals surface area contributed by atoms with Gasteiger partial charge in [-0.25, -0.2) is 9.37 Å². The zero-order valence-corrected chi connectivity index (χ0v) is 13.5. The van der Waals surface area contributed by atoms with Gasteiger partial charge in [0, 0.05) is 47.3 Å². The summed E-state index contributed by atoms with van der Waals surface area (Å²) in [4.78, 5) is 20.2. The highest BCUT2D eigenvalue weighted by molar-refractivity contribution is 5.99. The lowest BCUT2D eigenvalue weighted by Crippen LogP contribution is -2.10. The van der Waals surface area contributed by atoms with E-state index in [9.17, 15) is 9.18 Å². The summed E-state index contributed by atoms with van der Waals surface area (Å²) in [5.74, 6) is 0.198. The number of carbonyl (C=O) groups excluding carboxylic acids is 1. The van der Waals surface area contributed by atoms with Crippen LogP contribution in [0.15, 0.2) is 48.9 Å². The zero-order valence-electron chi connectivity index (χ0n) is 13.5. The summed E-state index contributed by atoms with van der Waals surface area (Å²) < 4.78 is 14.0. The Morgan fingerprint density at radius 2 is 1.84 bits per heavy atom. The largest absolute Gasteiger partial charge is 0.383 e. The Morgan fingerprint density at radius 1 is 0.960 bits per heavy atom. The highest BCUT2D eigenvalue weighted by Crippen LogP contribution is 2.33. The molecule has 1 aromatic carbocycles. The predicted octanol–water partition coefficient (Wildman–Crippen LogP) is 4.05. The van der Waals surface area contributed by atoms with Gasteiger partial charge in [0.15, 0.2) is 5.78 Å². The maximum Gasteiger partial charge on any atom is 0.163 e. The second-order valence-corrected chi connectivity index (χ2v) is 6.16. The molecular weight excluding hydrogens is 317 g/mol. The van der Waals surface area contributed by atoms with Gasteiger partial charge in [-0.15, -0.1) is 0 Å². The van der Waals surface area contributed by atoms with Crippen molar-refractivity contribution in [1.82, 2.24) is 9.97 Å². The molecule has 4 rings (SSSR count). The summed E-state index contributed by atoms with van der Waals surface area (Å²) in [6, 6.07) is 8.84. The summed E-state index contributed by atoms with van der Waals surface area (Å²) in [6.45, 7) is 0. The zero-order chi connectivity index (χ0) is 17.4. The minimum absolute atomic E-state index is 0.185. The van der Waals surface area contributed by atoms with Gasteiger partial charge in [-0.1, -0.05) is 18.2 Å². The Balaban J connectivity index is 1.82. The molecule has 0 bridgehead atoms. The number of nitrogens with two attached hydrogens (primary N) is 1. The van der Waals surface area contributed by atoms with E-state index in [0.29, 0.717) is 23.4 Å². The second kappa shape index (κ2) is 6.09. The fourth-order valence-electron chi connectivity index (χ4n) is 3.26. The Labute approximate surface area is 144 Å². The van der Waals surface area contributed by atoms with Crippen molar-refractivity contribution in [2.45, 2.75) is 19.3 Å². The van der Waals surface area contributed by atoms with E-state index in [-0.39, 0.29) is 11.6 Å². The number of Topliss-reactive ketones (excluding diaryl/α,β-unsaturated/α-hetero) is 1. The van der Waals surface area contributed by atoms with Gasteiger partial charge < -0.3 is 5.73 Å². The third-order valence-electron chi connectivity index (χ3n) is 4.56. The van der Waals surface area contributed by atoms with Gasteiger partial charge >= 0.3 is 0 Å². The van der Waals surface area contributed by atoms with Crippen LogP contribution in [0.1, 0.15) is 28.8 Å². The van der Waals surface area contributed by atoms with Gasteiger partial charge in [0.2, 0.25) is 0 Å². The number of pyridine rings is 2. The molecule has 124 valence electrons. The average Bonchev–Trinajstić information content (AvgIpc) is 2.63. The summed E-state index contributed by atoms with van der Waals surface area (Å²) in [7, 11) is 0. The van der Waals surface area contributed by atoms with E-state index >= 15 is 0 Å². The van der Waals surface area contributed by atoms with Crippen LogP contribution in [-0.2, 0) is 6.42 Å². The van der Waals surface area contributed by atoms with E-state index in [4.69, 9.17) is 5.73 Å². The molecule has 0 spiro atoms. The summed E-state index contributed by atoms with van der Waals surface area (Å²) in [5.41, 5.74) is 10.5. The minimum Gasteiger partial charge on any atom is -0.383 e. The number of nitrogen functional groups attached to an aromatic ring is 1. The van der Waals surface area contributed by atoms with Crippen LogP contribution < -0.4 is 5.73 Å². The van der Waals surface area contributed by atoms with Gasteiger partial charge in [-0.2, -0.15) is 0 Å². The molecule has 2 N–H and O–H groups in total. The molecule has 1 aliphatic rings. The molecule has 3 aromatic rings. The summed E-state index contributed by atoms with van der Waals surface area (Å²) >= 11 is 0. The fourth-order valence-corrected chi connectivity index (χ4v) is 3.26. The van der Waals surface area contributed by atoms with Crippen molar-refractivity contribution in [1.29, 1.82) is 0 Å². The number of hydrogen-bond acceptors (Lipinski definition) is 4. The molecule has 0 saturated carbocycles. The molecule has 0 amide bonds. The summed E-state index contributed by atoms with van der Waals surface area (Å²) in [6.07, 6.45) is 6.76. The standard InChI is InChI=1S/C20H16FN3O/c21-18-6-7-23-11-17(18)14-9-16(20(22)24-10-14)13-4-5-15-12(8-13)2-1-3-19(15)25/h4-11H,1-3H2,(H2,22,24). The number of aryl methyl sites for hydroxylation is 1. The van der Waals surface area contributed by atoms with Gasteiger partial charge in [-0.05, 0) is 36.1 Å². The molecule has 0 aliphatic heterocycles. The first-order chi connectivity index (χ1) is 12.1. The third-order valence-corrected chi connectivity index (χ3v) is 4.56. The van der Waals surface area contributed by atoms with Crippen molar-refractivity contribution >= 4 is 11.6 Å². The number of carbonyl (C=O) groups is 1. The SMILES string of the molecule is Nc1ncc(-c2cnccc2F)cc1-c1ccc2c(c1)CCCC2=O. The monoisotopic (exact) mass is 333 g/mol. The smallest absolute Gasteiger partial charge is 0.163 e. The third kappa shape index (κ3) is 2.78. The lowest BCUT2D eigenvalue weighted by atomic mass is 9.88. The van der Waals surface area contributed by atoms with E-state index in [0.717, 1.165) is 35.1 Å². The first-order valence-corrected chi connectivity index (χ1v) is 8.15. The van der Waals surface area contributed by atoms with Crippen molar-refractivity contribution < 1.29 is 9.18 Å². The van der Waals surface area contributed by atoms with Crippen molar-refractivity contribution in [3.63, 3.8) is 0 Å². The van der Waals surface area contributed by atoms with E-state index in [2.05, 4.69) is 9.97 Å². The number of aromatic nitrogens is 2. The Bertz CT molecular complexity index is 984. The molecule has 25 heavy (non-hydrogen) atoms. The van der Waals surface area contributed by atoms with Gasteiger partial charge in [0.05, 0.1) is 0 Å². The molecule has 2 aromatic heterocycles. The number of hydrogen-bond donors (Lipinski definition) is 1. The molecule has 5 heteroatoms. The number of anilines is 1. The highest BCUT2D eigenvalue weighted by atomic mass is 19.1. The van der Waals surface area contributed by atoms with Crippen molar-refractivity contribution in [3.8, 4) is 22.3 Å². The molecule has 0 fully saturated rings. The first-order valence-electron chi connectivity index (χ1n) is 8.15. The first kappa shape index (κ1) is 15.4.